The van der Waals surface area contributed by atoms with Crippen LogP contribution < -0.4 is 9.91 Å². The summed E-state index contributed by atoms with van der Waals surface area (Å²) in [6.07, 6.45) is 0.231. The number of nitriles is 1. The SMILES string of the molecule is N#Cc1ccc(C2=NN(c3c(F)cc(S(=O)(=O)O)cc3F)C(c3ccc(N4CCSCC(CO)(CO)CSCC(CO)(CO)CSCC4)cc3)C2)cc1. The minimum absolute atomic E-state index is 0.193. The molecular weight excluding hydrogens is 767 g/mol. The zero-order chi connectivity index (χ0) is 38.2. The number of rotatable bonds is 9. The third-order valence-electron chi connectivity index (χ3n) is 9.40. The van der Waals surface area contributed by atoms with E-state index in [2.05, 4.69) is 16.1 Å². The number of thioether (sulfide) groups is 3. The van der Waals surface area contributed by atoms with Gasteiger partial charge in [0.1, 0.15) is 5.69 Å². The van der Waals surface area contributed by atoms with Crippen molar-refractivity contribution in [2.24, 2.45) is 15.9 Å². The van der Waals surface area contributed by atoms with Crippen molar-refractivity contribution in [2.45, 2.75) is 17.4 Å². The second-order valence-electron chi connectivity index (χ2n) is 13.3. The molecule has 1 atom stereocenters. The summed E-state index contributed by atoms with van der Waals surface area (Å²) in [5.74, 6) is 1.01. The zero-order valence-corrected chi connectivity index (χ0v) is 32.0. The number of aliphatic hydroxyl groups excluding tert-OH is 4. The van der Waals surface area contributed by atoms with Crippen LogP contribution in [-0.4, -0.2) is 113 Å². The van der Waals surface area contributed by atoms with Crippen molar-refractivity contribution < 1.29 is 42.2 Å². The molecule has 1 saturated heterocycles. The molecule has 0 amide bonds. The highest BCUT2D eigenvalue weighted by Gasteiger charge is 2.36. The number of anilines is 2. The van der Waals surface area contributed by atoms with E-state index < -0.39 is 49.2 Å². The maximum absolute atomic E-state index is 15.5. The first kappa shape index (κ1) is 41.2. The number of hydrogen-bond donors (Lipinski definition) is 5. The lowest BCUT2D eigenvalue weighted by Crippen LogP contribution is -2.40. The topological polar surface area (TPSA) is 178 Å². The Labute approximate surface area is 320 Å². The van der Waals surface area contributed by atoms with Crippen LogP contribution in [0.4, 0.5) is 20.2 Å². The summed E-state index contributed by atoms with van der Waals surface area (Å²) in [4.78, 5) is 1.28. The Morgan fingerprint density at radius 3 is 1.79 bits per heavy atom. The zero-order valence-electron chi connectivity index (χ0n) is 28.8. The van der Waals surface area contributed by atoms with E-state index >= 15 is 8.78 Å². The van der Waals surface area contributed by atoms with Crippen LogP contribution in [0.25, 0.3) is 0 Å². The van der Waals surface area contributed by atoms with Gasteiger partial charge in [-0.1, -0.05) is 24.3 Å². The van der Waals surface area contributed by atoms with Crippen molar-refractivity contribution in [3.05, 3.63) is 89.0 Å². The highest BCUT2D eigenvalue weighted by molar-refractivity contribution is 8.00. The molecule has 2 aliphatic heterocycles. The molecule has 2 aliphatic rings. The van der Waals surface area contributed by atoms with Gasteiger partial charge >= 0.3 is 0 Å². The van der Waals surface area contributed by atoms with Crippen molar-refractivity contribution in [2.75, 3.05) is 83.9 Å². The van der Waals surface area contributed by atoms with Crippen LogP contribution in [0.5, 0.6) is 0 Å². The first-order chi connectivity index (χ1) is 25.4. The number of benzene rings is 3. The van der Waals surface area contributed by atoms with Crippen molar-refractivity contribution >= 4 is 62.5 Å². The highest BCUT2D eigenvalue weighted by Crippen LogP contribution is 2.41. The third kappa shape index (κ3) is 9.85. The first-order valence-electron chi connectivity index (χ1n) is 16.8. The lowest BCUT2D eigenvalue weighted by molar-refractivity contribution is 0.0890. The number of aliphatic hydroxyl groups is 4. The van der Waals surface area contributed by atoms with E-state index in [0.717, 1.165) is 5.69 Å². The molecule has 5 rings (SSSR count). The fourth-order valence-corrected chi connectivity index (χ4v) is 10.8. The van der Waals surface area contributed by atoms with Crippen LogP contribution in [0.15, 0.2) is 70.7 Å². The van der Waals surface area contributed by atoms with E-state index in [-0.39, 0.29) is 32.8 Å². The van der Waals surface area contributed by atoms with Gasteiger partial charge in [-0.25, -0.2) is 8.78 Å². The number of hydrogen-bond acceptors (Lipinski definition) is 13. The summed E-state index contributed by atoms with van der Waals surface area (Å²) in [6, 6.07) is 16.6. The fourth-order valence-electron chi connectivity index (χ4n) is 6.03. The van der Waals surface area contributed by atoms with E-state index in [9.17, 15) is 38.7 Å². The van der Waals surface area contributed by atoms with Gasteiger partial charge in [-0.05, 0) is 47.5 Å². The molecule has 17 heteroatoms. The van der Waals surface area contributed by atoms with Crippen LogP contribution in [0.2, 0.25) is 0 Å². The highest BCUT2D eigenvalue weighted by atomic mass is 32.2. The first-order valence-corrected chi connectivity index (χ1v) is 21.7. The van der Waals surface area contributed by atoms with Gasteiger partial charge in [0.15, 0.2) is 11.6 Å². The smallest absolute Gasteiger partial charge is 0.294 e. The minimum atomic E-state index is -4.88. The van der Waals surface area contributed by atoms with Crippen molar-refractivity contribution in [3.8, 4) is 6.07 Å². The number of hydrazone groups is 1. The number of nitrogens with zero attached hydrogens (tertiary/aromatic N) is 4. The minimum Gasteiger partial charge on any atom is -0.396 e. The third-order valence-corrected chi connectivity index (χ3v) is 14.4. The van der Waals surface area contributed by atoms with E-state index in [1.54, 1.807) is 47.8 Å². The molecule has 0 aliphatic carbocycles. The van der Waals surface area contributed by atoms with Crippen molar-refractivity contribution in [1.82, 2.24) is 0 Å². The molecule has 2 heterocycles. The summed E-state index contributed by atoms with van der Waals surface area (Å²) < 4.78 is 63.8. The average molecular weight is 809 g/mol. The molecule has 0 bridgehead atoms. The Bertz CT molecular complexity index is 1840. The summed E-state index contributed by atoms with van der Waals surface area (Å²) in [5.41, 5.74) is 1.11. The molecule has 0 spiro atoms. The van der Waals surface area contributed by atoms with Gasteiger partial charge in [0.2, 0.25) is 0 Å². The normalized spacial score (nSPS) is 20.0. The lowest BCUT2D eigenvalue weighted by Gasteiger charge is -2.34. The monoisotopic (exact) mass is 808 g/mol. The Balaban J connectivity index is 1.43. The Morgan fingerprint density at radius 2 is 1.32 bits per heavy atom. The molecule has 3 aromatic carbocycles. The molecule has 0 aromatic heterocycles. The van der Waals surface area contributed by atoms with Crippen LogP contribution >= 0.6 is 35.3 Å². The molecule has 5 N–H and O–H groups in total. The van der Waals surface area contributed by atoms with Crippen molar-refractivity contribution in [1.29, 1.82) is 5.26 Å². The van der Waals surface area contributed by atoms with Gasteiger partial charge in [-0.3, -0.25) is 9.56 Å². The maximum Gasteiger partial charge on any atom is 0.294 e. The molecule has 0 saturated carbocycles. The van der Waals surface area contributed by atoms with Crippen LogP contribution in [0.3, 0.4) is 0 Å². The molecule has 11 nitrogen and oxygen atoms in total. The molecule has 286 valence electrons. The van der Waals surface area contributed by atoms with Gasteiger partial charge in [0, 0.05) is 70.5 Å². The molecule has 0 radical (unpaired) electrons. The predicted octanol–water partition coefficient (Wildman–Crippen LogP) is 4.40. The largest absolute Gasteiger partial charge is 0.396 e. The van der Waals surface area contributed by atoms with E-state index in [1.165, 1.54) is 16.8 Å². The molecule has 3 aromatic rings. The second kappa shape index (κ2) is 18.1. The number of halogens is 2. The summed E-state index contributed by atoms with van der Waals surface area (Å²) in [6.45, 7) is 0.523. The average Bonchev–Trinajstić information content (AvgIpc) is 3.60. The lowest BCUT2D eigenvalue weighted by atomic mass is 9.95. The van der Waals surface area contributed by atoms with E-state index in [4.69, 9.17) is 0 Å². The van der Waals surface area contributed by atoms with Gasteiger partial charge < -0.3 is 25.3 Å². The Morgan fingerprint density at radius 1 is 0.811 bits per heavy atom. The van der Waals surface area contributed by atoms with Crippen LogP contribution in [0.1, 0.15) is 29.2 Å². The van der Waals surface area contributed by atoms with Gasteiger partial charge in [0.25, 0.3) is 10.1 Å². The van der Waals surface area contributed by atoms with Crippen molar-refractivity contribution in [3.63, 3.8) is 0 Å². The standard InChI is InChI=1S/C36H42F2N4O7S4/c37-30-13-29(53(47,48)49)14-31(38)34(30)42-33(15-32(40-42)26-3-1-25(16-39)2-4-26)27-5-7-28(8-6-27)41-9-11-50-21-35(17-43,18-44)23-52-24-36(19-45,20-46)22-51-12-10-41/h1-8,13-14,33,43-46H,9-12,15,17-24H2,(H,47,48,49). The fraction of sp³-hybridized carbons (Fsp3) is 0.444. The van der Waals surface area contributed by atoms with E-state index in [1.807, 2.05) is 24.3 Å². The molecular formula is C36H42F2N4O7S4. The maximum atomic E-state index is 15.5. The van der Waals surface area contributed by atoms with Gasteiger partial charge in [-0.2, -0.15) is 54.1 Å². The van der Waals surface area contributed by atoms with Crippen LogP contribution in [-0.2, 0) is 10.1 Å². The van der Waals surface area contributed by atoms with E-state index in [0.29, 0.717) is 82.1 Å². The Kier molecular flexibility index (Phi) is 14.1. The molecule has 1 unspecified atom stereocenters. The van der Waals surface area contributed by atoms with Gasteiger partial charge in [0.05, 0.1) is 54.7 Å². The molecule has 1 fully saturated rings. The summed E-state index contributed by atoms with van der Waals surface area (Å²) in [5, 5.41) is 55.8. The van der Waals surface area contributed by atoms with Crippen LogP contribution in [0, 0.1) is 33.8 Å². The summed E-state index contributed by atoms with van der Waals surface area (Å²) >= 11 is 4.78. The molecule has 53 heavy (non-hydrogen) atoms. The summed E-state index contributed by atoms with van der Waals surface area (Å²) in [7, 11) is -4.88. The Hall–Kier alpha value is -2.92. The predicted molar refractivity (Wildman–Crippen MR) is 208 cm³/mol. The second-order valence-corrected chi connectivity index (χ2v) is 17.9. The quantitative estimate of drug-likeness (QED) is 0.193. The van der Waals surface area contributed by atoms with Gasteiger partial charge in [-0.15, -0.1) is 0 Å².